The number of para-hydroxylation sites is 1. The minimum Gasteiger partial charge on any atom is -0.406 e. The monoisotopic (exact) mass is 510 g/mol. The van der Waals surface area contributed by atoms with E-state index in [1.165, 1.54) is 18.2 Å². The SMILES string of the molecule is CC(C)[C@H](CO)Nc1nc(Nc2ccccc2Br)cc(-c2cccc(OC(F)(F)F)c2)n1. The van der Waals surface area contributed by atoms with E-state index in [1.54, 1.807) is 12.1 Å². The maximum atomic E-state index is 12.6. The van der Waals surface area contributed by atoms with Gasteiger partial charge >= 0.3 is 6.36 Å². The largest absolute Gasteiger partial charge is 0.573 e. The van der Waals surface area contributed by atoms with Crippen LogP contribution < -0.4 is 15.4 Å². The lowest BCUT2D eigenvalue weighted by Gasteiger charge is -2.21. The molecular formula is C22H22BrF3N4O2. The molecule has 2 aromatic carbocycles. The normalized spacial score (nSPS) is 12.5. The summed E-state index contributed by atoms with van der Waals surface area (Å²) in [7, 11) is 0. The summed E-state index contributed by atoms with van der Waals surface area (Å²) < 4.78 is 42.8. The smallest absolute Gasteiger partial charge is 0.406 e. The third-order valence-corrected chi connectivity index (χ3v) is 5.23. The molecular weight excluding hydrogens is 489 g/mol. The van der Waals surface area contributed by atoms with E-state index < -0.39 is 6.36 Å². The van der Waals surface area contributed by atoms with Crippen LogP contribution in [0.25, 0.3) is 11.3 Å². The molecule has 0 aliphatic rings. The summed E-state index contributed by atoms with van der Waals surface area (Å²) in [5.74, 6) is 0.397. The second kappa shape index (κ2) is 10.2. The van der Waals surface area contributed by atoms with Gasteiger partial charge in [-0.1, -0.05) is 38.1 Å². The molecule has 3 N–H and O–H groups in total. The van der Waals surface area contributed by atoms with Crippen molar-refractivity contribution in [2.75, 3.05) is 17.2 Å². The molecule has 0 saturated heterocycles. The van der Waals surface area contributed by atoms with Crippen LogP contribution in [0.15, 0.2) is 59.1 Å². The van der Waals surface area contributed by atoms with Crippen molar-refractivity contribution < 1.29 is 23.0 Å². The van der Waals surface area contributed by atoms with Crippen LogP contribution in [0, 0.1) is 5.92 Å². The summed E-state index contributed by atoms with van der Waals surface area (Å²) in [5, 5.41) is 15.9. The van der Waals surface area contributed by atoms with Gasteiger partial charge in [-0.25, -0.2) is 4.98 Å². The minimum atomic E-state index is -4.80. The first kappa shape index (κ1) is 23.8. The van der Waals surface area contributed by atoms with Gasteiger partial charge in [0.15, 0.2) is 0 Å². The maximum absolute atomic E-state index is 12.6. The number of alkyl halides is 3. The van der Waals surface area contributed by atoms with E-state index in [9.17, 15) is 18.3 Å². The number of halogens is 4. The molecule has 10 heteroatoms. The van der Waals surface area contributed by atoms with E-state index in [-0.39, 0.29) is 30.3 Å². The van der Waals surface area contributed by atoms with Crippen molar-refractivity contribution in [3.05, 3.63) is 59.1 Å². The number of ether oxygens (including phenoxy) is 1. The van der Waals surface area contributed by atoms with Gasteiger partial charge in [-0.05, 0) is 46.1 Å². The van der Waals surface area contributed by atoms with Crippen LogP contribution >= 0.6 is 15.9 Å². The number of anilines is 3. The van der Waals surface area contributed by atoms with Crippen molar-refractivity contribution in [3.8, 4) is 17.0 Å². The Morgan fingerprint density at radius 2 is 1.81 bits per heavy atom. The maximum Gasteiger partial charge on any atom is 0.573 e. The fourth-order valence-corrected chi connectivity index (χ4v) is 3.25. The molecule has 1 aromatic heterocycles. The van der Waals surface area contributed by atoms with Gasteiger partial charge in [-0.15, -0.1) is 13.2 Å². The molecule has 32 heavy (non-hydrogen) atoms. The standard InChI is InChI=1S/C22H22BrF3N4O2/c1-13(2)19(12-31)29-21-28-18(14-6-5-7-15(10-14)32-22(24,25)26)11-20(30-21)27-17-9-4-3-8-16(17)23/h3-11,13,19,31H,12H2,1-2H3,(H2,27,28,29,30)/t19-/m0/s1. The number of rotatable bonds is 8. The van der Waals surface area contributed by atoms with Gasteiger partial charge in [0.1, 0.15) is 11.6 Å². The van der Waals surface area contributed by atoms with Gasteiger partial charge in [0.2, 0.25) is 5.95 Å². The van der Waals surface area contributed by atoms with Crippen molar-refractivity contribution in [2.24, 2.45) is 5.92 Å². The van der Waals surface area contributed by atoms with E-state index >= 15 is 0 Å². The summed E-state index contributed by atoms with van der Waals surface area (Å²) in [6.07, 6.45) is -4.80. The third kappa shape index (κ3) is 6.57. The zero-order valence-corrected chi connectivity index (χ0v) is 18.9. The van der Waals surface area contributed by atoms with E-state index in [4.69, 9.17) is 0 Å². The van der Waals surface area contributed by atoms with Gasteiger partial charge in [0, 0.05) is 16.1 Å². The number of aliphatic hydroxyl groups is 1. The molecule has 0 aliphatic heterocycles. The van der Waals surface area contributed by atoms with E-state index in [1.807, 2.05) is 38.1 Å². The van der Waals surface area contributed by atoms with Crippen molar-refractivity contribution in [1.29, 1.82) is 0 Å². The van der Waals surface area contributed by atoms with Crippen LogP contribution in [-0.2, 0) is 0 Å². The Labute approximate surface area is 192 Å². The quantitative estimate of drug-likeness (QED) is 0.346. The average Bonchev–Trinajstić information content (AvgIpc) is 2.72. The molecule has 6 nitrogen and oxygen atoms in total. The molecule has 0 bridgehead atoms. The van der Waals surface area contributed by atoms with Crippen molar-refractivity contribution in [1.82, 2.24) is 9.97 Å². The number of nitrogens with one attached hydrogen (secondary N) is 2. The summed E-state index contributed by atoms with van der Waals surface area (Å²) in [6.45, 7) is 3.75. The predicted molar refractivity (Wildman–Crippen MR) is 121 cm³/mol. The highest BCUT2D eigenvalue weighted by molar-refractivity contribution is 9.10. The molecule has 0 aliphatic carbocycles. The summed E-state index contributed by atoms with van der Waals surface area (Å²) in [5.41, 5.74) is 1.54. The molecule has 3 aromatic rings. The molecule has 0 unspecified atom stereocenters. The molecule has 3 rings (SSSR count). The second-order valence-electron chi connectivity index (χ2n) is 7.32. The molecule has 0 radical (unpaired) electrons. The predicted octanol–water partition coefficient (Wildman–Crippen LogP) is 5.98. The van der Waals surface area contributed by atoms with E-state index in [0.717, 1.165) is 10.2 Å². The highest BCUT2D eigenvalue weighted by Gasteiger charge is 2.31. The lowest BCUT2D eigenvalue weighted by atomic mass is 10.1. The zero-order valence-electron chi connectivity index (χ0n) is 17.3. The Bertz CT molecular complexity index is 1060. The van der Waals surface area contributed by atoms with Gasteiger partial charge < -0.3 is 20.5 Å². The Morgan fingerprint density at radius 3 is 2.47 bits per heavy atom. The van der Waals surface area contributed by atoms with Crippen LogP contribution in [0.1, 0.15) is 13.8 Å². The van der Waals surface area contributed by atoms with Gasteiger partial charge in [0.05, 0.1) is 24.0 Å². The highest BCUT2D eigenvalue weighted by atomic mass is 79.9. The Hall–Kier alpha value is -2.85. The Kier molecular flexibility index (Phi) is 7.57. The first-order valence-electron chi connectivity index (χ1n) is 9.79. The number of hydrogen-bond acceptors (Lipinski definition) is 6. The lowest BCUT2D eigenvalue weighted by molar-refractivity contribution is -0.274. The number of hydrogen-bond donors (Lipinski definition) is 3. The number of aliphatic hydroxyl groups excluding tert-OH is 1. The van der Waals surface area contributed by atoms with Gasteiger partial charge in [-0.2, -0.15) is 4.98 Å². The van der Waals surface area contributed by atoms with Crippen molar-refractivity contribution in [3.63, 3.8) is 0 Å². The Balaban J connectivity index is 2.02. The van der Waals surface area contributed by atoms with Crippen LogP contribution in [0.4, 0.5) is 30.6 Å². The van der Waals surface area contributed by atoms with Crippen LogP contribution in [0.5, 0.6) is 5.75 Å². The molecule has 0 spiro atoms. The number of benzene rings is 2. The van der Waals surface area contributed by atoms with Crippen LogP contribution in [0.3, 0.4) is 0 Å². The molecule has 1 atom stereocenters. The fraction of sp³-hybridized carbons (Fsp3) is 0.273. The summed E-state index contributed by atoms with van der Waals surface area (Å²) >= 11 is 3.47. The zero-order chi connectivity index (χ0) is 23.3. The molecule has 0 saturated carbocycles. The highest BCUT2D eigenvalue weighted by Crippen LogP contribution is 2.31. The minimum absolute atomic E-state index is 0.0930. The first-order valence-corrected chi connectivity index (χ1v) is 10.6. The average molecular weight is 511 g/mol. The second-order valence-corrected chi connectivity index (χ2v) is 8.17. The van der Waals surface area contributed by atoms with E-state index in [0.29, 0.717) is 17.1 Å². The molecule has 170 valence electrons. The van der Waals surface area contributed by atoms with E-state index in [2.05, 4.69) is 41.3 Å². The van der Waals surface area contributed by atoms with Gasteiger partial charge in [0.25, 0.3) is 0 Å². The molecule has 0 amide bonds. The molecule has 1 heterocycles. The number of nitrogens with zero attached hydrogens (tertiary/aromatic N) is 2. The third-order valence-electron chi connectivity index (χ3n) is 4.54. The fourth-order valence-electron chi connectivity index (χ4n) is 2.87. The topological polar surface area (TPSA) is 79.3 Å². The Morgan fingerprint density at radius 1 is 1.06 bits per heavy atom. The lowest BCUT2D eigenvalue weighted by Crippen LogP contribution is -2.30. The first-order chi connectivity index (χ1) is 15.1. The molecule has 0 fully saturated rings. The van der Waals surface area contributed by atoms with Crippen molar-refractivity contribution in [2.45, 2.75) is 26.3 Å². The summed E-state index contributed by atoms with van der Waals surface area (Å²) in [6, 6.07) is 14.3. The van der Waals surface area contributed by atoms with Crippen molar-refractivity contribution >= 4 is 33.4 Å². The van der Waals surface area contributed by atoms with Crippen LogP contribution in [-0.4, -0.2) is 34.1 Å². The number of aromatic nitrogens is 2. The van der Waals surface area contributed by atoms with Gasteiger partial charge in [-0.3, -0.25) is 0 Å². The summed E-state index contributed by atoms with van der Waals surface area (Å²) in [4.78, 5) is 8.92. The van der Waals surface area contributed by atoms with Crippen LogP contribution in [0.2, 0.25) is 0 Å².